The van der Waals surface area contributed by atoms with Crippen LogP contribution in [0.15, 0.2) is 36.5 Å². The van der Waals surface area contributed by atoms with Gasteiger partial charge in [0.15, 0.2) is 0 Å². The average molecular weight is 241 g/mol. The Labute approximate surface area is 109 Å². The van der Waals surface area contributed by atoms with Crippen LogP contribution < -0.4 is 4.90 Å². The lowest BCUT2D eigenvalue weighted by Crippen LogP contribution is -3.10. The van der Waals surface area contributed by atoms with E-state index < -0.39 is 0 Å². The van der Waals surface area contributed by atoms with E-state index in [2.05, 4.69) is 29.2 Å². The molecule has 0 aliphatic carbocycles. The lowest BCUT2D eigenvalue weighted by atomic mass is 10.1. The van der Waals surface area contributed by atoms with Crippen LogP contribution in [0.1, 0.15) is 31.2 Å². The molecule has 2 nitrogen and oxygen atoms in total. The lowest BCUT2D eigenvalue weighted by Gasteiger charge is -2.17. The van der Waals surface area contributed by atoms with Crippen molar-refractivity contribution in [2.45, 2.75) is 32.2 Å². The monoisotopic (exact) mass is 241 g/mol. The van der Waals surface area contributed by atoms with E-state index in [-0.39, 0.29) is 0 Å². The number of aromatic nitrogens is 1. The largest absolute Gasteiger partial charge is 0.331 e. The molecule has 18 heavy (non-hydrogen) atoms. The van der Waals surface area contributed by atoms with Gasteiger partial charge in [0.05, 0.1) is 18.6 Å². The first-order chi connectivity index (χ1) is 8.93. The second kappa shape index (κ2) is 5.49. The molecular formula is C16H21N2+. The number of likely N-dealkylation sites (tertiary alicyclic amines) is 1. The molecule has 1 saturated heterocycles. The van der Waals surface area contributed by atoms with Crippen molar-refractivity contribution in [2.24, 2.45) is 0 Å². The Balaban J connectivity index is 1.85. The summed E-state index contributed by atoms with van der Waals surface area (Å²) in [5.41, 5.74) is 2.60. The number of benzene rings is 1. The highest BCUT2D eigenvalue weighted by molar-refractivity contribution is 5.81. The van der Waals surface area contributed by atoms with Crippen molar-refractivity contribution in [1.82, 2.24) is 4.98 Å². The molecule has 1 aromatic heterocycles. The molecule has 2 heteroatoms. The molecule has 0 spiro atoms. The maximum atomic E-state index is 4.56. The molecule has 0 unspecified atom stereocenters. The molecule has 1 aliphatic heterocycles. The second-order valence-electron chi connectivity index (χ2n) is 5.33. The maximum absolute atomic E-state index is 4.56. The summed E-state index contributed by atoms with van der Waals surface area (Å²) in [7, 11) is 0. The van der Waals surface area contributed by atoms with Gasteiger partial charge in [-0.05, 0) is 31.7 Å². The minimum Gasteiger partial charge on any atom is -0.331 e. The quantitative estimate of drug-likeness (QED) is 0.853. The highest BCUT2D eigenvalue weighted by atomic mass is 15.1. The molecule has 3 rings (SSSR count). The van der Waals surface area contributed by atoms with Crippen molar-refractivity contribution in [3.8, 4) is 0 Å². The van der Waals surface area contributed by atoms with Crippen molar-refractivity contribution >= 4 is 10.9 Å². The summed E-state index contributed by atoms with van der Waals surface area (Å²) in [6, 6.07) is 10.7. The van der Waals surface area contributed by atoms with Crippen LogP contribution in [0, 0.1) is 0 Å². The number of fused-ring (bicyclic) bond motifs is 1. The topological polar surface area (TPSA) is 17.3 Å². The number of hydrogen-bond donors (Lipinski definition) is 1. The molecular weight excluding hydrogens is 220 g/mol. The molecule has 0 bridgehead atoms. The fraction of sp³-hybridized carbons (Fsp3) is 0.438. The molecule has 0 atom stereocenters. The van der Waals surface area contributed by atoms with Gasteiger partial charge in [-0.2, -0.15) is 0 Å². The third-order valence-corrected chi connectivity index (χ3v) is 3.97. The van der Waals surface area contributed by atoms with Gasteiger partial charge in [-0.3, -0.25) is 4.98 Å². The Hall–Kier alpha value is -1.41. The molecule has 94 valence electrons. The van der Waals surface area contributed by atoms with Crippen molar-refractivity contribution in [1.29, 1.82) is 0 Å². The summed E-state index contributed by atoms with van der Waals surface area (Å²) in [4.78, 5) is 6.28. The number of nitrogens with zero attached hydrogens (tertiary/aromatic N) is 1. The molecule has 2 aromatic rings. The Kier molecular flexibility index (Phi) is 3.56. The highest BCUT2D eigenvalue weighted by Gasteiger charge is 2.14. The summed E-state index contributed by atoms with van der Waals surface area (Å²) in [5, 5.41) is 1.27. The first-order valence-electron chi connectivity index (χ1n) is 7.10. The van der Waals surface area contributed by atoms with Crippen molar-refractivity contribution in [3.05, 3.63) is 42.1 Å². The molecule has 1 fully saturated rings. The minimum atomic E-state index is 1.13. The number of quaternary nitrogens is 1. The Morgan fingerprint density at radius 1 is 0.944 bits per heavy atom. The van der Waals surface area contributed by atoms with E-state index in [1.54, 1.807) is 4.90 Å². The summed E-state index contributed by atoms with van der Waals surface area (Å²) in [5.74, 6) is 0. The SMILES string of the molecule is c1cnc2c(C[NH+]3CCCCCC3)cccc2c1. The van der Waals surface area contributed by atoms with Gasteiger partial charge in [0, 0.05) is 17.1 Å². The molecule has 1 N–H and O–H groups in total. The number of pyridine rings is 1. The number of hydrogen-bond acceptors (Lipinski definition) is 1. The summed E-state index contributed by atoms with van der Waals surface area (Å²) >= 11 is 0. The van der Waals surface area contributed by atoms with E-state index in [1.165, 1.54) is 55.2 Å². The highest BCUT2D eigenvalue weighted by Crippen LogP contribution is 2.15. The predicted molar refractivity (Wildman–Crippen MR) is 74.6 cm³/mol. The fourth-order valence-electron chi connectivity index (χ4n) is 2.98. The summed E-state index contributed by atoms with van der Waals surface area (Å²) < 4.78 is 0. The third-order valence-electron chi connectivity index (χ3n) is 3.97. The molecule has 0 amide bonds. The fourth-order valence-corrected chi connectivity index (χ4v) is 2.98. The van der Waals surface area contributed by atoms with Crippen LogP contribution in [0.4, 0.5) is 0 Å². The van der Waals surface area contributed by atoms with Gasteiger partial charge in [0.25, 0.3) is 0 Å². The van der Waals surface area contributed by atoms with Crippen LogP contribution in [-0.2, 0) is 6.54 Å². The second-order valence-corrected chi connectivity index (χ2v) is 5.33. The normalized spacial score (nSPS) is 17.8. The summed E-state index contributed by atoms with van der Waals surface area (Å²) in [6.07, 6.45) is 7.50. The van der Waals surface area contributed by atoms with Gasteiger partial charge in [0.2, 0.25) is 0 Å². The van der Waals surface area contributed by atoms with E-state index >= 15 is 0 Å². The van der Waals surface area contributed by atoms with Crippen LogP contribution >= 0.6 is 0 Å². The van der Waals surface area contributed by atoms with Gasteiger partial charge >= 0.3 is 0 Å². The first kappa shape index (κ1) is 11.7. The molecule has 0 radical (unpaired) electrons. The predicted octanol–water partition coefficient (Wildman–Crippen LogP) is 2.19. The lowest BCUT2D eigenvalue weighted by molar-refractivity contribution is -0.913. The van der Waals surface area contributed by atoms with Crippen LogP contribution in [0.25, 0.3) is 10.9 Å². The first-order valence-corrected chi connectivity index (χ1v) is 7.10. The smallest absolute Gasteiger partial charge is 0.105 e. The van der Waals surface area contributed by atoms with Gasteiger partial charge < -0.3 is 4.90 Å². The molecule has 1 aliphatic rings. The number of para-hydroxylation sites is 1. The van der Waals surface area contributed by atoms with Gasteiger partial charge in [-0.25, -0.2) is 0 Å². The average Bonchev–Trinajstić information content (AvgIpc) is 2.68. The molecule has 2 heterocycles. The zero-order valence-corrected chi connectivity index (χ0v) is 10.9. The van der Waals surface area contributed by atoms with Crippen LogP contribution in [-0.4, -0.2) is 18.1 Å². The maximum Gasteiger partial charge on any atom is 0.105 e. The minimum absolute atomic E-state index is 1.13. The number of nitrogens with one attached hydrogen (secondary N) is 1. The zero-order chi connectivity index (χ0) is 12.2. The van der Waals surface area contributed by atoms with Gasteiger partial charge in [-0.1, -0.05) is 24.3 Å². The van der Waals surface area contributed by atoms with E-state index in [0.29, 0.717) is 0 Å². The Morgan fingerprint density at radius 3 is 2.56 bits per heavy atom. The number of rotatable bonds is 2. The third kappa shape index (κ3) is 2.54. The molecule has 0 saturated carbocycles. The van der Waals surface area contributed by atoms with E-state index in [4.69, 9.17) is 0 Å². The van der Waals surface area contributed by atoms with Gasteiger partial charge in [0.1, 0.15) is 6.54 Å². The van der Waals surface area contributed by atoms with E-state index in [0.717, 1.165) is 6.54 Å². The standard InChI is InChI=1S/C16H20N2/c1-2-4-12-18(11-3-1)13-15-8-5-7-14-9-6-10-17-16(14)15/h5-10H,1-4,11-13H2/p+1. The van der Waals surface area contributed by atoms with Crippen LogP contribution in [0.5, 0.6) is 0 Å². The zero-order valence-electron chi connectivity index (χ0n) is 10.9. The Morgan fingerprint density at radius 2 is 1.72 bits per heavy atom. The van der Waals surface area contributed by atoms with Gasteiger partial charge in [-0.15, -0.1) is 0 Å². The van der Waals surface area contributed by atoms with Crippen molar-refractivity contribution in [3.63, 3.8) is 0 Å². The van der Waals surface area contributed by atoms with Crippen molar-refractivity contribution in [2.75, 3.05) is 13.1 Å². The van der Waals surface area contributed by atoms with E-state index in [9.17, 15) is 0 Å². The van der Waals surface area contributed by atoms with Crippen LogP contribution in [0.2, 0.25) is 0 Å². The van der Waals surface area contributed by atoms with Crippen molar-refractivity contribution < 1.29 is 4.90 Å². The molecule has 1 aromatic carbocycles. The Bertz CT molecular complexity index is 508. The van der Waals surface area contributed by atoms with E-state index in [1.807, 2.05) is 12.3 Å². The summed E-state index contributed by atoms with van der Waals surface area (Å²) in [6.45, 7) is 3.78. The van der Waals surface area contributed by atoms with Crippen LogP contribution in [0.3, 0.4) is 0 Å².